The zero-order valence-electron chi connectivity index (χ0n) is 12.7. The summed E-state index contributed by atoms with van der Waals surface area (Å²) in [5.74, 6) is -4.17. The Morgan fingerprint density at radius 2 is 1.76 bits per heavy atom. The molecule has 0 unspecified atom stereocenters. The summed E-state index contributed by atoms with van der Waals surface area (Å²) in [4.78, 5) is 11.9. The SMILES string of the molecule is COC(=O)C1=CN(c2ccc(F)c(F)c2)c2cc(F)ccc2S1(=O)=O. The molecule has 25 heavy (non-hydrogen) atoms. The number of methoxy groups -OCH3 is 1. The average molecular weight is 369 g/mol. The van der Waals surface area contributed by atoms with Crippen LogP contribution in [0.1, 0.15) is 0 Å². The second-order valence-electron chi connectivity index (χ2n) is 5.07. The molecule has 0 amide bonds. The number of hydrogen-bond acceptors (Lipinski definition) is 5. The first-order valence-electron chi connectivity index (χ1n) is 6.85. The van der Waals surface area contributed by atoms with Gasteiger partial charge in [-0.1, -0.05) is 0 Å². The summed E-state index contributed by atoms with van der Waals surface area (Å²) in [5.41, 5.74) is -0.138. The van der Waals surface area contributed by atoms with E-state index in [1.165, 1.54) is 0 Å². The first-order chi connectivity index (χ1) is 11.8. The third-order valence-corrected chi connectivity index (χ3v) is 5.35. The molecule has 9 heteroatoms. The van der Waals surface area contributed by atoms with E-state index in [1.54, 1.807) is 0 Å². The van der Waals surface area contributed by atoms with Crippen LogP contribution in [0.5, 0.6) is 0 Å². The molecule has 0 spiro atoms. The monoisotopic (exact) mass is 369 g/mol. The average Bonchev–Trinajstić information content (AvgIpc) is 2.56. The van der Waals surface area contributed by atoms with Crippen molar-refractivity contribution in [1.29, 1.82) is 0 Å². The van der Waals surface area contributed by atoms with E-state index in [-0.39, 0.29) is 16.3 Å². The van der Waals surface area contributed by atoms with Crippen LogP contribution in [0, 0.1) is 17.5 Å². The van der Waals surface area contributed by atoms with Crippen LogP contribution >= 0.6 is 0 Å². The second-order valence-corrected chi connectivity index (χ2v) is 6.96. The molecule has 3 rings (SSSR count). The van der Waals surface area contributed by atoms with Crippen molar-refractivity contribution in [2.24, 2.45) is 0 Å². The Bertz CT molecular complexity index is 1020. The second kappa shape index (κ2) is 5.92. The summed E-state index contributed by atoms with van der Waals surface area (Å²) in [6.45, 7) is 0. The maximum atomic E-state index is 13.6. The molecule has 0 fully saturated rings. The van der Waals surface area contributed by atoms with Gasteiger partial charge in [-0.25, -0.2) is 26.4 Å². The van der Waals surface area contributed by atoms with Crippen LogP contribution in [0.2, 0.25) is 0 Å². The number of esters is 1. The summed E-state index contributed by atoms with van der Waals surface area (Å²) >= 11 is 0. The van der Waals surface area contributed by atoms with Crippen molar-refractivity contribution >= 4 is 27.2 Å². The Balaban J connectivity index is 2.30. The van der Waals surface area contributed by atoms with Crippen LogP contribution in [-0.4, -0.2) is 21.5 Å². The lowest BCUT2D eigenvalue weighted by atomic mass is 10.2. The molecular weight excluding hydrogens is 359 g/mol. The van der Waals surface area contributed by atoms with Gasteiger partial charge in [0.25, 0.3) is 0 Å². The van der Waals surface area contributed by atoms with Gasteiger partial charge >= 0.3 is 5.97 Å². The number of halogens is 3. The van der Waals surface area contributed by atoms with Crippen LogP contribution in [0.15, 0.2) is 52.4 Å². The summed E-state index contributed by atoms with van der Waals surface area (Å²) in [6, 6.07) is 5.61. The third-order valence-electron chi connectivity index (χ3n) is 3.57. The van der Waals surface area contributed by atoms with Gasteiger partial charge in [-0.05, 0) is 30.3 Å². The standard InChI is InChI=1S/C16H10F3NO4S/c1-24-16(21)15-8-20(10-3-4-11(18)12(19)7-10)13-6-9(17)2-5-14(13)25(15,22)23/h2-8H,1H3. The molecule has 0 atom stereocenters. The summed E-state index contributed by atoms with van der Waals surface area (Å²) in [6.07, 6.45) is 0.885. The van der Waals surface area contributed by atoms with Crippen molar-refractivity contribution in [3.8, 4) is 0 Å². The van der Waals surface area contributed by atoms with Crippen molar-refractivity contribution in [2.45, 2.75) is 4.90 Å². The fourth-order valence-electron chi connectivity index (χ4n) is 2.39. The van der Waals surface area contributed by atoms with Gasteiger partial charge in [0.2, 0.25) is 9.84 Å². The Labute approximate surface area is 140 Å². The number of ether oxygens (including phenoxy) is 1. The largest absolute Gasteiger partial charge is 0.465 e. The van der Waals surface area contributed by atoms with E-state index in [0.717, 1.165) is 54.6 Å². The van der Waals surface area contributed by atoms with Gasteiger partial charge in [0.1, 0.15) is 5.82 Å². The zero-order valence-corrected chi connectivity index (χ0v) is 13.5. The topological polar surface area (TPSA) is 63.7 Å². The number of anilines is 2. The molecule has 1 aliphatic heterocycles. The number of hydrogen-bond donors (Lipinski definition) is 0. The maximum absolute atomic E-state index is 13.6. The van der Waals surface area contributed by atoms with E-state index in [4.69, 9.17) is 0 Å². The predicted molar refractivity (Wildman–Crippen MR) is 82.2 cm³/mol. The van der Waals surface area contributed by atoms with Crippen molar-refractivity contribution < 1.29 is 31.1 Å². The normalized spacial score (nSPS) is 15.4. The molecule has 1 aliphatic rings. The van der Waals surface area contributed by atoms with E-state index in [2.05, 4.69) is 4.74 Å². The molecule has 2 aromatic carbocycles. The molecule has 2 aromatic rings. The van der Waals surface area contributed by atoms with Gasteiger partial charge in [-0.2, -0.15) is 0 Å². The molecule has 0 bridgehead atoms. The minimum atomic E-state index is -4.26. The molecule has 130 valence electrons. The number of fused-ring (bicyclic) bond motifs is 1. The quantitative estimate of drug-likeness (QED) is 0.601. The molecule has 0 aliphatic carbocycles. The van der Waals surface area contributed by atoms with E-state index in [1.807, 2.05) is 0 Å². The van der Waals surface area contributed by atoms with E-state index in [0.29, 0.717) is 0 Å². The first-order valence-corrected chi connectivity index (χ1v) is 8.33. The van der Waals surface area contributed by atoms with Crippen molar-refractivity contribution in [3.63, 3.8) is 0 Å². The molecule has 0 aromatic heterocycles. The fraction of sp³-hybridized carbons (Fsp3) is 0.0625. The van der Waals surface area contributed by atoms with E-state index < -0.39 is 38.2 Å². The van der Waals surface area contributed by atoms with Gasteiger partial charge in [0, 0.05) is 18.0 Å². The van der Waals surface area contributed by atoms with Crippen LogP contribution in [0.4, 0.5) is 24.5 Å². The fourth-order valence-corrected chi connectivity index (χ4v) is 3.86. The highest BCUT2D eigenvalue weighted by Gasteiger charge is 2.36. The lowest BCUT2D eigenvalue weighted by Gasteiger charge is -2.28. The number of sulfone groups is 1. The highest BCUT2D eigenvalue weighted by molar-refractivity contribution is 7.96. The predicted octanol–water partition coefficient (Wildman–Crippen LogP) is 3.04. The number of nitrogens with zero attached hydrogens (tertiary/aromatic N) is 1. The lowest BCUT2D eigenvalue weighted by Crippen LogP contribution is -2.26. The summed E-state index contributed by atoms with van der Waals surface area (Å²) in [5, 5.41) is 0. The molecular formula is C16H10F3NO4S. The van der Waals surface area contributed by atoms with Crippen molar-refractivity contribution in [3.05, 3.63) is 65.0 Å². The van der Waals surface area contributed by atoms with Gasteiger partial charge in [-0.3, -0.25) is 0 Å². The van der Waals surface area contributed by atoms with Crippen LogP contribution < -0.4 is 4.90 Å². The highest BCUT2D eigenvalue weighted by Crippen LogP contribution is 2.40. The Hall–Kier alpha value is -2.81. The van der Waals surface area contributed by atoms with Crippen LogP contribution in [-0.2, 0) is 19.4 Å². The number of carbonyl (C=O) groups is 1. The van der Waals surface area contributed by atoms with Crippen molar-refractivity contribution in [1.82, 2.24) is 0 Å². The van der Waals surface area contributed by atoms with E-state index in [9.17, 15) is 26.4 Å². The smallest absolute Gasteiger partial charge is 0.351 e. The Kier molecular flexibility index (Phi) is 4.03. The van der Waals surface area contributed by atoms with Gasteiger partial charge in [0.05, 0.1) is 17.7 Å². The van der Waals surface area contributed by atoms with Crippen LogP contribution in [0.25, 0.3) is 0 Å². The molecule has 0 saturated carbocycles. The van der Waals surface area contributed by atoms with Crippen molar-refractivity contribution in [2.75, 3.05) is 12.0 Å². The number of rotatable bonds is 2. The van der Waals surface area contributed by atoms with Crippen LogP contribution in [0.3, 0.4) is 0 Å². The maximum Gasteiger partial charge on any atom is 0.351 e. The lowest BCUT2D eigenvalue weighted by molar-refractivity contribution is -0.135. The molecule has 0 radical (unpaired) electrons. The Morgan fingerprint density at radius 1 is 1.04 bits per heavy atom. The molecule has 0 N–H and O–H groups in total. The first kappa shape index (κ1) is 17.0. The van der Waals surface area contributed by atoms with Gasteiger partial charge in [0.15, 0.2) is 16.5 Å². The van der Waals surface area contributed by atoms with E-state index >= 15 is 0 Å². The number of carbonyl (C=O) groups excluding carboxylic acids is 1. The molecule has 1 heterocycles. The highest BCUT2D eigenvalue weighted by atomic mass is 32.2. The summed E-state index contributed by atoms with van der Waals surface area (Å²) < 4.78 is 70.0. The van der Waals surface area contributed by atoms with Gasteiger partial charge in [-0.15, -0.1) is 0 Å². The minimum Gasteiger partial charge on any atom is -0.465 e. The zero-order chi connectivity index (χ0) is 18.4. The summed E-state index contributed by atoms with van der Waals surface area (Å²) in [7, 11) is -3.26. The van der Waals surface area contributed by atoms with Gasteiger partial charge < -0.3 is 9.64 Å². The number of benzene rings is 2. The molecule has 0 saturated heterocycles. The Morgan fingerprint density at radius 3 is 2.40 bits per heavy atom. The molecule has 5 nitrogen and oxygen atoms in total. The third kappa shape index (κ3) is 2.76. The minimum absolute atomic E-state index is 0.00190.